The van der Waals surface area contributed by atoms with Crippen molar-refractivity contribution >= 4 is 11.6 Å². The number of hydrogen-bond acceptors (Lipinski definition) is 4. The van der Waals surface area contributed by atoms with Crippen LogP contribution in [0.5, 0.6) is 11.5 Å². The van der Waals surface area contributed by atoms with Gasteiger partial charge in [0.1, 0.15) is 0 Å². The molecule has 1 aliphatic rings. The van der Waals surface area contributed by atoms with Crippen LogP contribution in [-0.2, 0) is 0 Å². The molecule has 0 spiro atoms. The van der Waals surface area contributed by atoms with Crippen LogP contribution < -0.4 is 15.2 Å². The van der Waals surface area contributed by atoms with E-state index in [1.54, 1.807) is 26.4 Å². The van der Waals surface area contributed by atoms with Crippen LogP contribution in [0.15, 0.2) is 12.1 Å². The average molecular weight is 264 g/mol. The molecule has 1 fully saturated rings. The number of rotatable bonds is 3. The predicted molar refractivity (Wildman–Crippen MR) is 73.7 cm³/mol. The maximum absolute atomic E-state index is 12.5. The molecule has 0 aromatic heterocycles. The summed E-state index contributed by atoms with van der Waals surface area (Å²) in [7, 11) is 3.09. The van der Waals surface area contributed by atoms with Crippen molar-refractivity contribution in [2.45, 2.75) is 25.8 Å². The van der Waals surface area contributed by atoms with E-state index >= 15 is 0 Å². The van der Waals surface area contributed by atoms with Gasteiger partial charge in [0.15, 0.2) is 11.5 Å². The molecule has 1 aliphatic heterocycles. The monoisotopic (exact) mass is 264 g/mol. The molecule has 1 atom stereocenters. The van der Waals surface area contributed by atoms with Gasteiger partial charge in [-0.15, -0.1) is 0 Å². The van der Waals surface area contributed by atoms with Crippen LogP contribution in [0.1, 0.15) is 30.1 Å². The zero-order valence-electron chi connectivity index (χ0n) is 11.6. The van der Waals surface area contributed by atoms with Crippen molar-refractivity contribution in [1.29, 1.82) is 0 Å². The van der Waals surface area contributed by atoms with Crippen molar-refractivity contribution in [2.24, 2.45) is 0 Å². The zero-order chi connectivity index (χ0) is 14.0. The summed E-state index contributed by atoms with van der Waals surface area (Å²) in [5, 5.41) is 0. The summed E-state index contributed by atoms with van der Waals surface area (Å²) in [6.07, 6.45) is 2.08. The maximum Gasteiger partial charge on any atom is 0.256 e. The van der Waals surface area contributed by atoms with E-state index in [0.29, 0.717) is 22.7 Å². The molecule has 0 saturated carbocycles. The lowest BCUT2D eigenvalue weighted by atomic mass is 10.1. The normalized spacial score (nSPS) is 18.5. The van der Waals surface area contributed by atoms with Gasteiger partial charge in [-0.1, -0.05) is 0 Å². The van der Waals surface area contributed by atoms with E-state index in [4.69, 9.17) is 15.2 Å². The van der Waals surface area contributed by atoms with Gasteiger partial charge >= 0.3 is 0 Å². The molecule has 0 radical (unpaired) electrons. The number of carbonyl (C=O) groups excluding carboxylic acids is 1. The second-order valence-corrected chi connectivity index (χ2v) is 4.78. The summed E-state index contributed by atoms with van der Waals surface area (Å²) in [5.74, 6) is 1.02. The van der Waals surface area contributed by atoms with Gasteiger partial charge in [-0.2, -0.15) is 0 Å². The largest absolute Gasteiger partial charge is 0.493 e. The molecular weight excluding hydrogens is 244 g/mol. The van der Waals surface area contributed by atoms with Gasteiger partial charge in [0, 0.05) is 24.3 Å². The summed E-state index contributed by atoms with van der Waals surface area (Å²) in [5.41, 5.74) is 6.85. The van der Waals surface area contributed by atoms with Crippen LogP contribution in [0.4, 0.5) is 5.69 Å². The first-order valence-electron chi connectivity index (χ1n) is 6.41. The minimum atomic E-state index is -0.0385. The Bertz CT molecular complexity index is 488. The van der Waals surface area contributed by atoms with E-state index in [2.05, 4.69) is 6.92 Å². The number of benzene rings is 1. The lowest BCUT2D eigenvalue weighted by Gasteiger charge is -2.22. The molecule has 1 heterocycles. The number of nitrogens with zero attached hydrogens (tertiary/aromatic N) is 1. The quantitative estimate of drug-likeness (QED) is 0.847. The first-order chi connectivity index (χ1) is 9.08. The molecule has 5 nitrogen and oxygen atoms in total. The van der Waals surface area contributed by atoms with Gasteiger partial charge in [-0.05, 0) is 25.8 Å². The van der Waals surface area contributed by atoms with Crippen molar-refractivity contribution in [1.82, 2.24) is 4.90 Å². The molecule has 19 heavy (non-hydrogen) atoms. The van der Waals surface area contributed by atoms with Gasteiger partial charge in [0.25, 0.3) is 5.91 Å². The number of anilines is 1. The lowest BCUT2D eigenvalue weighted by Crippen LogP contribution is -2.34. The Labute approximate surface area is 113 Å². The first kappa shape index (κ1) is 13.5. The van der Waals surface area contributed by atoms with Crippen LogP contribution in [0.25, 0.3) is 0 Å². The van der Waals surface area contributed by atoms with E-state index in [-0.39, 0.29) is 11.9 Å². The van der Waals surface area contributed by atoms with Crippen LogP contribution in [-0.4, -0.2) is 37.6 Å². The summed E-state index contributed by atoms with van der Waals surface area (Å²) < 4.78 is 10.4. The van der Waals surface area contributed by atoms with E-state index in [1.807, 2.05) is 4.90 Å². The van der Waals surface area contributed by atoms with Crippen LogP contribution in [0.2, 0.25) is 0 Å². The second-order valence-electron chi connectivity index (χ2n) is 4.78. The third kappa shape index (κ3) is 2.45. The van der Waals surface area contributed by atoms with E-state index in [1.165, 1.54) is 0 Å². The summed E-state index contributed by atoms with van der Waals surface area (Å²) in [4.78, 5) is 14.4. The number of nitrogens with two attached hydrogens (primary N) is 1. The van der Waals surface area contributed by atoms with Crippen LogP contribution in [0, 0.1) is 0 Å². The summed E-state index contributed by atoms with van der Waals surface area (Å²) in [6.45, 7) is 2.84. The molecule has 1 aromatic carbocycles. The number of amides is 1. The number of ether oxygens (including phenoxy) is 2. The first-order valence-corrected chi connectivity index (χ1v) is 6.41. The van der Waals surface area contributed by atoms with Crippen molar-refractivity contribution in [3.8, 4) is 11.5 Å². The molecule has 1 aromatic rings. The summed E-state index contributed by atoms with van der Waals surface area (Å²) >= 11 is 0. The molecule has 2 N–H and O–H groups in total. The van der Waals surface area contributed by atoms with Gasteiger partial charge in [-0.3, -0.25) is 4.79 Å². The average Bonchev–Trinajstić information content (AvgIpc) is 2.83. The highest BCUT2D eigenvalue weighted by molar-refractivity contribution is 6.00. The predicted octanol–water partition coefficient (Wildman–Crippen LogP) is 1.91. The van der Waals surface area contributed by atoms with E-state index in [0.717, 1.165) is 19.4 Å². The Hall–Kier alpha value is -1.91. The molecule has 1 saturated heterocycles. The Morgan fingerprint density at radius 3 is 2.47 bits per heavy atom. The van der Waals surface area contributed by atoms with E-state index in [9.17, 15) is 4.79 Å². The lowest BCUT2D eigenvalue weighted by molar-refractivity contribution is 0.0748. The van der Waals surface area contributed by atoms with Gasteiger partial charge in [0.2, 0.25) is 0 Å². The fourth-order valence-corrected chi connectivity index (χ4v) is 2.47. The highest BCUT2D eigenvalue weighted by Gasteiger charge is 2.28. The zero-order valence-corrected chi connectivity index (χ0v) is 11.6. The molecule has 104 valence electrons. The van der Waals surface area contributed by atoms with Gasteiger partial charge in [0.05, 0.1) is 19.8 Å². The Kier molecular flexibility index (Phi) is 3.83. The third-order valence-electron chi connectivity index (χ3n) is 3.60. The second kappa shape index (κ2) is 5.38. The molecule has 0 aliphatic carbocycles. The maximum atomic E-state index is 12.5. The van der Waals surface area contributed by atoms with Crippen LogP contribution >= 0.6 is 0 Å². The highest BCUT2D eigenvalue weighted by Crippen LogP contribution is 2.33. The van der Waals surface area contributed by atoms with Crippen molar-refractivity contribution in [3.63, 3.8) is 0 Å². The standard InChI is InChI=1S/C14H20N2O3/c1-9-5-4-6-16(9)14(17)10-7-12(18-2)13(19-3)8-11(10)15/h7-9H,4-6,15H2,1-3H3/t9-/m1/s1. The minimum absolute atomic E-state index is 0.0385. The molecule has 2 rings (SSSR count). The number of hydrogen-bond donors (Lipinski definition) is 1. The minimum Gasteiger partial charge on any atom is -0.493 e. The Balaban J connectivity index is 2.36. The van der Waals surface area contributed by atoms with Gasteiger partial charge < -0.3 is 20.1 Å². The number of carbonyl (C=O) groups is 1. The molecule has 0 unspecified atom stereocenters. The Morgan fingerprint density at radius 1 is 1.32 bits per heavy atom. The molecule has 0 bridgehead atoms. The van der Waals surface area contributed by atoms with Crippen LogP contribution in [0.3, 0.4) is 0 Å². The van der Waals surface area contributed by atoms with Gasteiger partial charge in [-0.25, -0.2) is 0 Å². The highest BCUT2D eigenvalue weighted by atomic mass is 16.5. The summed E-state index contributed by atoms with van der Waals surface area (Å²) in [6, 6.07) is 3.55. The number of nitrogen functional groups attached to an aromatic ring is 1. The Morgan fingerprint density at radius 2 is 1.95 bits per heavy atom. The molecule has 1 amide bonds. The topological polar surface area (TPSA) is 64.8 Å². The van der Waals surface area contributed by atoms with Crippen molar-refractivity contribution in [3.05, 3.63) is 17.7 Å². The number of likely N-dealkylation sites (tertiary alicyclic amines) is 1. The van der Waals surface area contributed by atoms with Crippen molar-refractivity contribution < 1.29 is 14.3 Å². The van der Waals surface area contributed by atoms with E-state index < -0.39 is 0 Å². The fourth-order valence-electron chi connectivity index (χ4n) is 2.47. The van der Waals surface area contributed by atoms with Crippen molar-refractivity contribution in [2.75, 3.05) is 26.5 Å². The fraction of sp³-hybridized carbons (Fsp3) is 0.500. The smallest absolute Gasteiger partial charge is 0.256 e. The number of methoxy groups -OCH3 is 2. The SMILES string of the molecule is COc1cc(N)c(C(=O)N2CCC[C@H]2C)cc1OC. The third-order valence-corrected chi connectivity index (χ3v) is 3.60. The molecular formula is C14H20N2O3. The molecule has 5 heteroatoms.